The van der Waals surface area contributed by atoms with Gasteiger partial charge < -0.3 is 5.32 Å². The minimum Gasteiger partial charge on any atom is -0.349 e. The molecule has 2 heterocycles. The molecular formula is C32H29N3O2S. The normalized spacial score (nSPS) is 12.7. The Hall–Kier alpha value is -4.16. The lowest BCUT2D eigenvalue weighted by molar-refractivity contribution is -0.121. The molecule has 0 aliphatic carbocycles. The Bertz CT molecular complexity index is 1560. The Balaban J connectivity index is 1.60. The van der Waals surface area contributed by atoms with Crippen LogP contribution in [0.25, 0.3) is 22.2 Å². The van der Waals surface area contributed by atoms with E-state index in [9.17, 15) is 9.00 Å². The molecule has 0 saturated carbocycles. The van der Waals surface area contributed by atoms with E-state index in [1.54, 1.807) is 24.5 Å². The Morgan fingerprint density at radius 1 is 0.842 bits per heavy atom. The van der Waals surface area contributed by atoms with E-state index in [1.165, 1.54) is 0 Å². The fourth-order valence-electron chi connectivity index (χ4n) is 4.73. The molecule has 0 radical (unpaired) electrons. The number of hydrogen-bond donors (Lipinski definition) is 1. The second-order valence-electron chi connectivity index (χ2n) is 9.09. The molecule has 0 bridgehead atoms. The molecule has 6 heteroatoms. The number of nitrogens with zero attached hydrogens (tertiary/aromatic N) is 2. The number of benzene rings is 3. The summed E-state index contributed by atoms with van der Waals surface area (Å²) in [6.45, 7) is 2.07. The number of aromatic nitrogens is 2. The summed E-state index contributed by atoms with van der Waals surface area (Å²) in [5, 5.41) is 4.12. The van der Waals surface area contributed by atoms with Gasteiger partial charge in [0.25, 0.3) is 0 Å². The summed E-state index contributed by atoms with van der Waals surface area (Å²) in [4.78, 5) is 23.3. The molecular weight excluding hydrogens is 490 g/mol. The van der Waals surface area contributed by atoms with Gasteiger partial charge >= 0.3 is 0 Å². The van der Waals surface area contributed by atoms with Crippen LogP contribution >= 0.6 is 0 Å². The summed E-state index contributed by atoms with van der Waals surface area (Å²) in [6.07, 6.45) is 4.23. The van der Waals surface area contributed by atoms with E-state index in [-0.39, 0.29) is 24.1 Å². The van der Waals surface area contributed by atoms with E-state index in [0.29, 0.717) is 4.90 Å². The van der Waals surface area contributed by atoms with E-state index < -0.39 is 10.8 Å². The lowest BCUT2D eigenvalue weighted by Crippen LogP contribution is -2.30. The molecule has 0 saturated heterocycles. The highest BCUT2D eigenvalue weighted by Gasteiger charge is 2.22. The smallest absolute Gasteiger partial charge is 0.224 e. The largest absolute Gasteiger partial charge is 0.349 e. The van der Waals surface area contributed by atoms with Gasteiger partial charge in [0.05, 0.1) is 40.2 Å². The van der Waals surface area contributed by atoms with Gasteiger partial charge in [0, 0.05) is 28.2 Å². The maximum atomic E-state index is 13.5. The van der Waals surface area contributed by atoms with Crippen LogP contribution in [0.3, 0.4) is 0 Å². The molecule has 2 aromatic heterocycles. The van der Waals surface area contributed by atoms with E-state index in [0.717, 1.165) is 45.3 Å². The second kappa shape index (κ2) is 11.9. The van der Waals surface area contributed by atoms with Gasteiger partial charge in [-0.2, -0.15) is 0 Å². The number of carbonyl (C=O) groups is 1. The van der Waals surface area contributed by atoms with E-state index in [1.807, 2.05) is 84.9 Å². The van der Waals surface area contributed by atoms with Crippen LogP contribution in [0.4, 0.5) is 0 Å². The molecule has 2 atom stereocenters. The van der Waals surface area contributed by atoms with Crippen molar-refractivity contribution in [3.05, 3.63) is 126 Å². The topological polar surface area (TPSA) is 72.0 Å². The third kappa shape index (κ3) is 5.71. The lowest BCUT2D eigenvalue weighted by Gasteiger charge is -2.20. The highest BCUT2D eigenvalue weighted by Crippen LogP contribution is 2.32. The summed E-state index contributed by atoms with van der Waals surface area (Å²) in [5.74, 6) is 0.164. The van der Waals surface area contributed by atoms with Gasteiger partial charge in [0.1, 0.15) is 0 Å². The zero-order chi connectivity index (χ0) is 26.3. The maximum Gasteiger partial charge on any atom is 0.224 e. The summed E-state index contributed by atoms with van der Waals surface area (Å²) in [7, 11) is -1.34. The predicted octanol–water partition coefficient (Wildman–Crippen LogP) is 6.41. The molecule has 5 aromatic rings. The fourth-order valence-corrected chi connectivity index (χ4v) is 5.89. The molecule has 1 unspecified atom stereocenters. The number of carbonyl (C=O) groups excluding carboxylic acids is 1. The highest BCUT2D eigenvalue weighted by molar-refractivity contribution is 7.84. The lowest BCUT2D eigenvalue weighted by atomic mass is 9.95. The van der Waals surface area contributed by atoms with Gasteiger partial charge in [0.15, 0.2) is 0 Å². The van der Waals surface area contributed by atoms with Gasteiger partial charge in [0.2, 0.25) is 5.91 Å². The second-order valence-corrected chi connectivity index (χ2v) is 10.5. The van der Waals surface area contributed by atoms with Crippen molar-refractivity contribution in [2.24, 2.45) is 0 Å². The van der Waals surface area contributed by atoms with Crippen molar-refractivity contribution in [2.45, 2.75) is 36.5 Å². The van der Waals surface area contributed by atoms with Crippen molar-refractivity contribution in [3.63, 3.8) is 0 Å². The Morgan fingerprint density at radius 3 is 2.21 bits per heavy atom. The van der Waals surface area contributed by atoms with Crippen LogP contribution in [0.2, 0.25) is 0 Å². The van der Waals surface area contributed by atoms with Crippen molar-refractivity contribution in [1.29, 1.82) is 0 Å². The van der Waals surface area contributed by atoms with Crippen LogP contribution < -0.4 is 5.32 Å². The monoisotopic (exact) mass is 519 g/mol. The third-order valence-electron chi connectivity index (χ3n) is 6.63. The molecule has 0 fully saturated rings. The van der Waals surface area contributed by atoms with Crippen molar-refractivity contribution in [3.8, 4) is 11.3 Å². The van der Waals surface area contributed by atoms with Gasteiger partial charge in [-0.3, -0.25) is 14.0 Å². The van der Waals surface area contributed by atoms with Gasteiger partial charge in [-0.15, -0.1) is 0 Å². The molecule has 38 heavy (non-hydrogen) atoms. The number of hydrogen-bond acceptors (Lipinski definition) is 4. The van der Waals surface area contributed by atoms with Crippen molar-refractivity contribution >= 4 is 27.6 Å². The van der Waals surface area contributed by atoms with Crippen molar-refractivity contribution in [1.82, 2.24) is 15.3 Å². The molecule has 1 amide bonds. The van der Waals surface area contributed by atoms with E-state index >= 15 is 0 Å². The molecule has 0 aliphatic heterocycles. The number of para-hydroxylation sites is 1. The molecule has 0 spiro atoms. The third-order valence-corrected chi connectivity index (χ3v) is 7.98. The minimum absolute atomic E-state index is 0.0768. The predicted molar refractivity (Wildman–Crippen MR) is 153 cm³/mol. The molecule has 3 aromatic carbocycles. The summed E-state index contributed by atoms with van der Waals surface area (Å²) in [6, 6.07) is 31.2. The molecule has 5 nitrogen and oxygen atoms in total. The molecule has 190 valence electrons. The minimum atomic E-state index is -1.34. The molecule has 0 aliphatic rings. The quantitative estimate of drug-likeness (QED) is 0.244. The first kappa shape index (κ1) is 25.5. The number of pyridine rings is 2. The summed E-state index contributed by atoms with van der Waals surface area (Å²) < 4.78 is 13.5. The molecule has 1 N–H and O–H groups in total. The number of rotatable bonds is 9. The average molecular weight is 520 g/mol. The van der Waals surface area contributed by atoms with Crippen molar-refractivity contribution in [2.75, 3.05) is 0 Å². The van der Waals surface area contributed by atoms with Gasteiger partial charge in [-0.1, -0.05) is 85.8 Å². The van der Waals surface area contributed by atoms with Gasteiger partial charge in [-0.25, -0.2) is 4.98 Å². The first-order chi connectivity index (χ1) is 18.6. The van der Waals surface area contributed by atoms with Crippen LogP contribution in [-0.4, -0.2) is 20.1 Å². The van der Waals surface area contributed by atoms with Gasteiger partial charge in [-0.05, 0) is 41.3 Å². The Morgan fingerprint density at radius 2 is 1.50 bits per heavy atom. The van der Waals surface area contributed by atoms with Crippen LogP contribution in [0.5, 0.6) is 0 Å². The standard InChI is InChI=1S/C32H29N3O2S/c1-2-29(23-11-5-3-6-12-23)34-31(36)21-27-26-15-9-10-16-30(26)35-32(24-13-7-4-8-14-24)28(27)22-38(37)25-17-19-33-20-18-25/h3-20,29H,2,21-22H2,1H3,(H,34,36)/t29-,38?/m0/s1. The summed E-state index contributed by atoms with van der Waals surface area (Å²) >= 11 is 0. The number of fused-ring (bicyclic) bond motifs is 1. The van der Waals surface area contributed by atoms with Crippen molar-refractivity contribution < 1.29 is 9.00 Å². The average Bonchev–Trinajstić information content (AvgIpc) is 2.98. The van der Waals surface area contributed by atoms with Crippen LogP contribution in [0.15, 0.2) is 114 Å². The highest BCUT2D eigenvalue weighted by atomic mass is 32.2. The SMILES string of the molecule is CC[C@H](NC(=O)Cc1c(CS(=O)c2ccncc2)c(-c2ccccc2)nc2ccccc12)c1ccccc1. The van der Waals surface area contributed by atoms with Crippen LogP contribution in [-0.2, 0) is 27.8 Å². The first-order valence-electron chi connectivity index (χ1n) is 12.7. The van der Waals surface area contributed by atoms with E-state index in [2.05, 4.69) is 17.2 Å². The number of nitrogens with one attached hydrogen (secondary N) is 1. The zero-order valence-electron chi connectivity index (χ0n) is 21.2. The van der Waals surface area contributed by atoms with Crippen LogP contribution in [0.1, 0.15) is 36.1 Å². The maximum absolute atomic E-state index is 13.5. The Kier molecular flexibility index (Phi) is 8.00. The zero-order valence-corrected chi connectivity index (χ0v) is 22.0. The Labute approximate surface area is 225 Å². The fraction of sp³-hybridized carbons (Fsp3) is 0.156. The van der Waals surface area contributed by atoms with E-state index in [4.69, 9.17) is 4.98 Å². The van der Waals surface area contributed by atoms with Crippen LogP contribution in [0, 0.1) is 0 Å². The first-order valence-corrected chi connectivity index (χ1v) is 14.0. The summed E-state index contributed by atoms with van der Waals surface area (Å²) in [5.41, 5.74) is 5.25. The molecule has 5 rings (SSSR count). The number of amides is 1.